The van der Waals surface area contributed by atoms with Crippen LogP contribution in [0.15, 0.2) is 35.1 Å². The maximum atomic E-state index is 13.1. The van der Waals surface area contributed by atoms with Gasteiger partial charge in [-0.2, -0.15) is 13.2 Å². The molecule has 0 spiro atoms. The van der Waals surface area contributed by atoms with Crippen molar-refractivity contribution < 1.29 is 17.6 Å². The van der Waals surface area contributed by atoms with Crippen LogP contribution in [0.2, 0.25) is 0 Å². The average molecular weight is 336 g/mol. The Bertz CT molecular complexity index is 583. The van der Waals surface area contributed by atoms with Crippen molar-refractivity contribution in [3.63, 3.8) is 0 Å². The maximum absolute atomic E-state index is 13.1. The highest BCUT2D eigenvalue weighted by atomic mass is 79.9. The van der Waals surface area contributed by atoms with Gasteiger partial charge in [-0.15, -0.1) is 0 Å². The number of nitrogens with zero attached hydrogens (tertiary/aromatic N) is 2. The summed E-state index contributed by atoms with van der Waals surface area (Å²) in [6, 6.07) is 2.58. The lowest BCUT2D eigenvalue weighted by atomic mass is 10.2. The van der Waals surface area contributed by atoms with Gasteiger partial charge in [-0.1, -0.05) is 0 Å². The van der Waals surface area contributed by atoms with E-state index >= 15 is 0 Å². The van der Waals surface area contributed by atoms with Crippen molar-refractivity contribution in [3.05, 3.63) is 46.4 Å². The molecule has 0 aliphatic rings. The Kier molecular flexibility index (Phi) is 3.70. The van der Waals surface area contributed by atoms with Crippen molar-refractivity contribution in [2.24, 2.45) is 0 Å². The topological polar surface area (TPSA) is 37.8 Å². The lowest BCUT2D eigenvalue weighted by molar-refractivity contribution is -0.139. The molecule has 0 saturated carbocycles. The van der Waals surface area contributed by atoms with Gasteiger partial charge in [-0.3, -0.25) is 0 Å². The summed E-state index contributed by atoms with van der Waals surface area (Å²) in [4.78, 5) is 7.69. The van der Waals surface area contributed by atoms with Crippen molar-refractivity contribution in [2.45, 2.75) is 6.18 Å². The number of halogens is 5. The molecule has 3 nitrogen and oxygen atoms in total. The number of hydrogen-bond acceptors (Lipinski definition) is 3. The van der Waals surface area contributed by atoms with Crippen LogP contribution in [0, 0.1) is 5.82 Å². The summed E-state index contributed by atoms with van der Waals surface area (Å²) in [5.41, 5.74) is -1.29. The summed E-state index contributed by atoms with van der Waals surface area (Å²) in [7, 11) is 0. The van der Waals surface area contributed by atoms with Crippen molar-refractivity contribution >= 4 is 27.6 Å². The molecule has 2 aromatic rings. The van der Waals surface area contributed by atoms with Gasteiger partial charge in [-0.05, 0) is 34.1 Å². The van der Waals surface area contributed by atoms with Crippen LogP contribution in [0.1, 0.15) is 5.56 Å². The average Bonchev–Trinajstić information content (AvgIpc) is 2.33. The highest BCUT2D eigenvalue weighted by Gasteiger charge is 2.34. The number of nitrogens with one attached hydrogen (secondary N) is 1. The van der Waals surface area contributed by atoms with Gasteiger partial charge in [0.05, 0.1) is 10.0 Å². The molecular weight excluding hydrogens is 330 g/mol. The molecule has 0 aliphatic heterocycles. The molecule has 1 aromatic carbocycles. The quantitative estimate of drug-likeness (QED) is 0.838. The number of rotatable bonds is 2. The number of anilines is 2. The van der Waals surface area contributed by atoms with Gasteiger partial charge in [0.15, 0.2) is 0 Å². The molecule has 2 rings (SSSR count). The minimum Gasteiger partial charge on any atom is -0.324 e. The summed E-state index contributed by atoms with van der Waals surface area (Å²) < 4.78 is 51.3. The van der Waals surface area contributed by atoms with Crippen LogP contribution in [0.3, 0.4) is 0 Å². The first-order valence-electron chi connectivity index (χ1n) is 4.97. The van der Waals surface area contributed by atoms with Crippen LogP contribution >= 0.6 is 15.9 Å². The van der Waals surface area contributed by atoms with E-state index in [1.807, 2.05) is 0 Å². The summed E-state index contributed by atoms with van der Waals surface area (Å²) in [6.07, 6.45) is -1.88. The van der Waals surface area contributed by atoms with E-state index in [-0.39, 0.29) is 11.6 Å². The number of hydrogen-bond donors (Lipinski definition) is 1. The molecule has 0 fully saturated rings. The number of benzene rings is 1. The first-order chi connectivity index (χ1) is 8.86. The molecule has 1 N–H and O–H groups in total. The zero-order valence-electron chi connectivity index (χ0n) is 9.17. The molecule has 1 heterocycles. The molecule has 100 valence electrons. The minimum absolute atomic E-state index is 0.0519. The summed E-state index contributed by atoms with van der Waals surface area (Å²) in [6.45, 7) is 0. The number of aromatic nitrogens is 2. The highest BCUT2D eigenvalue weighted by molar-refractivity contribution is 9.10. The van der Waals surface area contributed by atoms with Crippen molar-refractivity contribution in [2.75, 3.05) is 5.32 Å². The summed E-state index contributed by atoms with van der Waals surface area (Å²) >= 11 is 3.13. The Labute approximate surface area is 113 Å². The smallest absolute Gasteiger partial charge is 0.324 e. The highest BCUT2D eigenvalue weighted by Crippen LogP contribution is 2.33. The summed E-state index contributed by atoms with van der Waals surface area (Å²) in [5, 5.41) is 2.56. The fourth-order valence-corrected chi connectivity index (χ4v) is 1.53. The van der Waals surface area contributed by atoms with Gasteiger partial charge in [0.1, 0.15) is 5.82 Å². The molecule has 19 heavy (non-hydrogen) atoms. The third kappa shape index (κ3) is 3.40. The molecule has 0 bridgehead atoms. The van der Waals surface area contributed by atoms with Gasteiger partial charge in [0.2, 0.25) is 5.95 Å². The van der Waals surface area contributed by atoms with Crippen LogP contribution in [-0.2, 0) is 6.18 Å². The zero-order valence-corrected chi connectivity index (χ0v) is 10.8. The molecule has 8 heteroatoms. The van der Waals surface area contributed by atoms with E-state index in [1.54, 1.807) is 0 Å². The Hall–Kier alpha value is -1.70. The van der Waals surface area contributed by atoms with E-state index in [0.29, 0.717) is 10.5 Å². The largest absolute Gasteiger partial charge is 0.419 e. The van der Waals surface area contributed by atoms with Gasteiger partial charge >= 0.3 is 6.18 Å². The van der Waals surface area contributed by atoms with E-state index in [0.717, 1.165) is 6.07 Å². The van der Waals surface area contributed by atoms with Crippen LogP contribution in [-0.4, -0.2) is 9.97 Å². The predicted molar refractivity (Wildman–Crippen MR) is 64.4 cm³/mol. The third-order valence-electron chi connectivity index (χ3n) is 2.15. The van der Waals surface area contributed by atoms with E-state index < -0.39 is 17.6 Å². The molecule has 0 unspecified atom stereocenters. The molecule has 1 aromatic heterocycles. The van der Waals surface area contributed by atoms with Crippen LogP contribution in [0.25, 0.3) is 0 Å². The second-order valence-electron chi connectivity index (χ2n) is 3.54. The van der Waals surface area contributed by atoms with Gasteiger partial charge < -0.3 is 5.32 Å². The monoisotopic (exact) mass is 335 g/mol. The Morgan fingerprint density at radius 3 is 2.32 bits per heavy atom. The zero-order chi connectivity index (χ0) is 14.0. The van der Waals surface area contributed by atoms with Gasteiger partial charge in [0.25, 0.3) is 0 Å². The molecule has 0 atom stereocenters. The molecule has 0 saturated heterocycles. The normalized spacial score (nSPS) is 11.4. The Morgan fingerprint density at radius 2 is 1.74 bits per heavy atom. The maximum Gasteiger partial charge on any atom is 0.419 e. The van der Waals surface area contributed by atoms with E-state index in [4.69, 9.17) is 0 Å². The SMILES string of the molecule is Fc1ccc(Nc2ncc(Br)cn2)cc1C(F)(F)F. The Morgan fingerprint density at radius 1 is 1.11 bits per heavy atom. The van der Waals surface area contributed by atoms with Gasteiger partial charge in [-0.25, -0.2) is 14.4 Å². The van der Waals surface area contributed by atoms with E-state index in [9.17, 15) is 17.6 Å². The molecule has 0 aliphatic carbocycles. The second kappa shape index (κ2) is 5.12. The second-order valence-corrected chi connectivity index (χ2v) is 4.46. The molecular formula is C11H6BrF4N3. The fourth-order valence-electron chi connectivity index (χ4n) is 1.33. The number of alkyl halides is 3. The van der Waals surface area contributed by atoms with E-state index in [1.165, 1.54) is 18.5 Å². The molecule has 0 radical (unpaired) electrons. The third-order valence-corrected chi connectivity index (χ3v) is 2.56. The lowest BCUT2D eigenvalue weighted by Crippen LogP contribution is -2.09. The predicted octanol–water partition coefficient (Wildman–Crippen LogP) is 4.14. The van der Waals surface area contributed by atoms with Gasteiger partial charge in [0, 0.05) is 18.1 Å². The Balaban J connectivity index is 2.29. The first kappa shape index (κ1) is 13.7. The first-order valence-corrected chi connectivity index (χ1v) is 5.77. The minimum atomic E-state index is -4.75. The van der Waals surface area contributed by atoms with E-state index in [2.05, 4.69) is 31.2 Å². The molecule has 0 amide bonds. The lowest BCUT2D eigenvalue weighted by Gasteiger charge is -2.10. The van der Waals surface area contributed by atoms with Crippen LogP contribution in [0.5, 0.6) is 0 Å². The van der Waals surface area contributed by atoms with Crippen LogP contribution in [0.4, 0.5) is 29.2 Å². The van der Waals surface area contributed by atoms with Crippen LogP contribution < -0.4 is 5.32 Å². The fraction of sp³-hybridized carbons (Fsp3) is 0.0909. The summed E-state index contributed by atoms with van der Waals surface area (Å²) in [5.74, 6) is -1.21. The van der Waals surface area contributed by atoms with Crippen molar-refractivity contribution in [1.29, 1.82) is 0 Å². The van der Waals surface area contributed by atoms with Crippen molar-refractivity contribution in [1.82, 2.24) is 9.97 Å². The van der Waals surface area contributed by atoms with Crippen molar-refractivity contribution in [3.8, 4) is 0 Å². The standard InChI is InChI=1S/C11H6BrF4N3/c12-6-4-17-10(18-5-6)19-7-1-2-9(13)8(3-7)11(14,15)16/h1-5H,(H,17,18,19).